The fourth-order valence-corrected chi connectivity index (χ4v) is 13.2. The summed E-state index contributed by atoms with van der Waals surface area (Å²) in [5.41, 5.74) is 17.2. The first-order chi connectivity index (χ1) is 41.1. The van der Waals surface area contributed by atoms with Crippen molar-refractivity contribution in [3.05, 3.63) is 261 Å². The van der Waals surface area contributed by atoms with Crippen molar-refractivity contribution in [2.24, 2.45) is 0 Å². The van der Waals surface area contributed by atoms with Crippen LogP contribution in [0.15, 0.2) is 200 Å². The smallest absolute Gasteiger partial charge is 0.309 e. The number of hydrogen-bond donors (Lipinski definition) is 0. The minimum atomic E-state index is -5.20. The molecule has 13 aromatic rings. The molecule has 3 nitrogen and oxygen atoms in total. The first kappa shape index (κ1) is 55.3. The molecule has 0 saturated carbocycles. The predicted molar refractivity (Wildman–Crippen MR) is 340 cm³/mol. The zero-order chi connectivity index (χ0) is 60.2. The van der Waals surface area contributed by atoms with Gasteiger partial charge in [0, 0.05) is 38.4 Å². The van der Waals surface area contributed by atoms with E-state index in [-0.39, 0.29) is 22.3 Å². The van der Waals surface area contributed by atoms with Gasteiger partial charge < -0.3 is 9.13 Å². The number of halogens is 6. The molecule has 0 atom stereocenters. The summed E-state index contributed by atoms with van der Waals surface area (Å²) in [5, 5.41) is 14.3. The van der Waals surface area contributed by atoms with Gasteiger partial charge in [-0.15, -0.1) is 0 Å². The minimum Gasteiger partial charge on any atom is -0.309 e. The van der Waals surface area contributed by atoms with Crippen molar-refractivity contribution in [1.29, 1.82) is 5.26 Å². The van der Waals surface area contributed by atoms with Crippen LogP contribution in [0.5, 0.6) is 0 Å². The van der Waals surface area contributed by atoms with Gasteiger partial charge in [-0.3, -0.25) is 0 Å². The highest BCUT2D eigenvalue weighted by atomic mass is 19.4. The van der Waals surface area contributed by atoms with Crippen LogP contribution in [0.3, 0.4) is 0 Å². The summed E-state index contributed by atoms with van der Waals surface area (Å²) in [7, 11) is 0. The molecule has 0 aliphatic carbocycles. The highest BCUT2D eigenvalue weighted by Gasteiger charge is 2.42. The van der Waals surface area contributed by atoms with E-state index in [4.69, 9.17) is 0 Å². The number of fused-ring (bicyclic) bond motifs is 6. The van der Waals surface area contributed by atoms with E-state index >= 15 is 26.3 Å². The van der Waals surface area contributed by atoms with Gasteiger partial charge in [-0.05, 0) is 224 Å². The van der Waals surface area contributed by atoms with Gasteiger partial charge in [-0.2, -0.15) is 31.6 Å². The molecule has 0 saturated heterocycles. The SMILES string of the molecule is Cc1ccc(-c2ccc3c(c2)c2cc(-c4ccc(C)cc4C)ccc2n3-c2ccc(-c3c(C(F)(F)F)cccc3C(F)(F)F)c(-c3cc(C#N)ccc3-n3c4ccc(-c5ccc(C)cc5C)cc4c4cc(-c5ccc(C)cc5C)ccc43)c2)c(C)c1. The monoisotopic (exact) mass is 1140 g/mol. The van der Waals surface area contributed by atoms with E-state index in [0.29, 0.717) is 23.5 Å². The number of nitrogens with zero attached hydrogens (tertiary/aromatic N) is 3. The Hall–Kier alpha value is -9.91. The summed E-state index contributed by atoms with van der Waals surface area (Å²) < 4.78 is 97.9. The van der Waals surface area contributed by atoms with Gasteiger partial charge in [-0.25, -0.2) is 0 Å². The molecule has 0 radical (unpaired) electrons. The van der Waals surface area contributed by atoms with Gasteiger partial charge in [0.1, 0.15) is 0 Å². The van der Waals surface area contributed by atoms with Crippen LogP contribution in [0.25, 0.3) is 122 Å². The molecule has 86 heavy (non-hydrogen) atoms. The van der Waals surface area contributed by atoms with Gasteiger partial charge in [0.2, 0.25) is 0 Å². The first-order valence-electron chi connectivity index (χ1n) is 28.6. The van der Waals surface area contributed by atoms with Crippen molar-refractivity contribution in [1.82, 2.24) is 9.13 Å². The van der Waals surface area contributed by atoms with Gasteiger partial charge in [0.15, 0.2) is 0 Å². The summed E-state index contributed by atoms with van der Waals surface area (Å²) in [4.78, 5) is 0. The van der Waals surface area contributed by atoms with Crippen molar-refractivity contribution in [2.75, 3.05) is 0 Å². The van der Waals surface area contributed by atoms with Gasteiger partial charge in [0.25, 0.3) is 0 Å². The maximum absolute atomic E-state index is 15.6. The van der Waals surface area contributed by atoms with Crippen LogP contribution >= 0.6 is 0 Å². The third-order valence-electron chi connectivity index (χ3n) is 17.2. The molecule has 11 aromatic carbocycles. The second kappa shape index (κ2) is 20.7. The number of rotatable bonds is 8. The standard InChI is InChI=1S/C77H57F6N3/c1-43-12-22-57(47(5)32-43)52-17-28-70-64(37-52)65-38-53(58-23-13-44(2)33-48(58)6)18-29-71(65)85(70)56-21-26-61(75-68(76(78,79)80)10-9-11-69(75)77(81,82)83)62(41-56)63-36-51(42-84)16-27-72(63)86-73-30-19-54(59-24-14-45(3)34-49(59)7)39-66(73)67-40-55(20-31-74(67)86)60-25-15-46(4)35-50(60)8/h9-41H,1-8H3. The summed E-state index contributed by atoms with van der Waals surface area (Å²) in [5.74, 6) is 0. The molecule has 0 spiro atoms. The van der Waals surface area contributed by atoms with E-state index in [0.717, 1.165) is 139 Å². The van der Waals surface area contributed by atoms with E-state index < -0.39 is 29.0 Å². The maximum atomic E-state index is 15.6. The van der Waals surface area contributed by atoms with Crippen LogP contribution in [-0.2, 0) is 12.4 Å². The molecule has 0 N–H and O–H groups in total. The predicted octanol–water partition coefficient (Wildman–Crippen LogP) is 22.3. The van der Waals surface area contributed by atoms with Crippen LogP contribution < -0.4 is 0 Å². The molecule has 0 aliphatic rings. The maximum Gasteiger partial charge on any atom is 0.417 e. The summed E-state index contributed by atoms with van der Waals surface area (Å²) >= 11 is 0. The normalized spacial score (nSPS) is 12.1. The quantitative estimate of drug-likeness (QED) is 0.140. The van der Waals surface area contributed by atoms with Crippen molar-refractivity contribution in [3.63, 3.8) is 0 Å². The Kier molecular flexibility index (Phi) is 13.3. The second-order valence-corrected chi connectivity index (χ2v) is 23.2. The number of alkyl halides is 6. The van der Waals surface area contributed by atoms with Crippen molar-refractivity contribution in [3.8, 4) is 84.2 Å². The lowest BCUT2D eigenvalue weighted by atomic mass is 9.86. The van der Waals surface area contributed by atoms with E-state index in [1.165, 1.54) is 6.07 Å². The molecule has 13 rings (SSSR count). The topological polar surface area (TPSA) is 33.6 Å². The van der Waals surface area contributed by atoms with E-state index in [9.17, 15) is 5.26 Å². The van der Waals surface area contributed by atoms with Crippen LogP contribution in [-0.4, -0.2) is 9.13 Å². The van der Waals surface area contributed by atoms with Gasteiger partial charge in [0.05, 0.1) is 50.5 Å². The van der Waals surface area contributed by atoms with E-state index in [2.05, 4.69) is 171 Å². The Morgan fingerprint density at radius 2 is 0.686 bits per heavy atom. The molecule has 0 bridgehead atoms. The number of hydrogen-bond acceptors (Lipinski definition) is 1. The third-order valence-corrected chi connectivity index (χ3v) is 17.2. The molecule has 2 heterocycles. The molecular weight excluding hydrogens is 1080 g/mol. The number of aryl methyl sites for hydroxylation is 8. The third kappa shape index (κ3) is 9.50. The molecule has 0 fully saturated rings. The average Bonchev–Trinajstić information content (AvgIpc) is 2.03. The Morgan fingerprint density at radius 1 is 0.326 bits per heavy atom. The van der Waals surface area contributed by atoms with Gasteiger partial charge in [-0.1, -0.05) is 131 Å². The number of aromatic nitrogens is 2. The average molecular weight is 1140 g/mol. The van der Waals surface area contributed by atoms with Crippen LogP contribution in [0.4, 0.5) is 26.3 Å². The molecule has 0 aliphatic heterocycles. The van der Waals surface area contributed by atoms with Crippen molar-refractivity contribution < 1.29 is 26.3 Å². The first-order valence-corrected chi connectivity index (χ1v) is 28.6. The lowest BCUT2D eigenvalue weighted by molar-refractivity contribution is -0.142. The molecule has 422 valence electrons. The van der Waals surface area contributed by atoms with Crippen LogP contribution in [0, 0.1) is 66.7 Å². The zero-order valence-electron chi connectivity index (χ0n) is 48.7. The summed E-state index contributed by atoms with van der Waals surface area (Å²) in [6.07, 6.45) is -10.4. The van der Waals surface area contributed by atoms with E-state index in [1.54, 1.807) is 30.3 Å². The highest BCUT2D eigenvalue weighted by Crippen LogP contribution is 2.50. The summed E-state index contributed by atoms with van der Waals surface area (Å²) in [6.45, 7) is 16.5. The number of nitriles is 1. The van der Waals surface area contributed by atoms with Crippen molar-refractivity contribution >= 4 is 43.6 Å². The fraction of sp³-hybridized carbons (Fsp3) is 0.130. The lowest BCUT2D eigenvalue weighted by Gasteiger charge is -2.23. The zero-order valence-corrected chi connectivity index (χ0v) is 48.7. The van der Waals surface area contributed by atoms with Crippen LogP contribution in [0.1, 0.15) is 61.2 Å². The van der Waals surface area contributed by atoms with Crippen molar-refractivity contribution in [2.45, 2.75) is 67.7 Å². The Balaban J connectivity index is 1.14. The second-order valence-electron chi connectivity index (χ2n) is 23.2. The number of benzene rings is 11. The van der Waals surface area contributed by atoms with Crippen LogP contribution in [0.2, 0.25) is 0 Å². The summed E-state index contributed by atoms with van der Waals surface area (Å²) in [6, 6.07) is 64.5. The van der Waals surface area contributed by atoms with Gasteiger partial charge >= 0.3 is 12.4 Å². The Morgan fingerprint density at radius 3 is 1.03 bits per heavy atom. The molecular formula is C77H57F6N3. The Labute approximate surface area is 495 Å². The highest BCUT2D eigenvalue weighted by molar-refractivity contribution is 6.14. The Bertz CT molecular complexity index is 4770. The molecule has 9 heteroatoms. The van der Waals surface area contributed by atoms with E-state index in [1.807, 2.05) is 45.5 Å². The minimum absolute atomic E-state index is 0.0550. The molecule has 2 aromatic heterocycles. The molecule has 0 amide bonds. The molecule has 0 unspecified atom stereocenters. The largest absolute Gasteiger partial charge is 0.417 e. The lowest BCUT2D eigenvalue weighted by Crippen LogP contribution is -2.14. The fourth-order valence-electron chi connectivity index (χ4n) is 13.2.